The van der Waals surface area contributed by atoms with E-state index in [1.54, 1.807) is 0 Å². The van der Waals surface area contributed by atoms with Gasteiger partial charge in [-0.05, 0) is 57.8 Å². The summed E-state index contributed by atoms with van der Waals surface area (Å²) in [5.41, 5.74) is 0. The smallest absolute Gasteiger partial charge is 0.457 e. The van der Waals surface area contributed by atoms with Crippen LogP contribution in [0.3, 0.4) is 0 Å². The van der Waals surface area contributed by atoms with Gasteiger partial charge in [0.1, 0.15) is 12.2 Å². The first-order chi connectivity index (χ1) is 30.3. The zero-order valence-electron chi connectivity index (χ0n) is 39.8. The number of phosphoric ester groups is 1. The Hall–Kier alpha value is -1.84. The molecule has 0 saturated carbocycles. The maximum absolute atomic E-state index is 12.7. The van der Waals surface area contributed by atoms with E-state index in [-0.39, 0.29) is 13.0 Å². The fraction of sp³-hybridized carbons (Fsp3) is 0.788. The summed E-state index contributed by atoms with van der Waals surface area (Å²) in [7, 11) is -4.53. The molecule has 9 nitrogen and oxygen atoms in total. The van der Waals surface area contributed by atoms with E-state index in [0.717, 1.165) is 70.6 Å². The molecule has 0 heterocycles. The molecule has 0 rings (SSSR count). The molecule has 362 valence electrons. The van der Waals surface area contributed by atoms with Crippen molar-refractivity contribution in [2.24, 2.45) is 0 Å². The highest BCUT2D eigenvalue weighted by molar-refractivity contribution is 7.47. The Morgan fingerprint density at radius 2 is 0.919 bits per heavy atom. The number of aliphatic hydroxyl groups is 2. The molecule has 0 saturated heterocycles. The predicted molar refractivity (Wildman–Crippen MR) is 260 cm³/mol. The molecule has 0 aliphatic carbocycles. The highest BCUT2D eigenvalue weighted by Crippen LogP contribution is 2.43. The number of phosphoric acid groups is 1. The molecule has 0 amide bonds. The van der Waals surface area contributed by atoms with Gasteiger partial charge in [-0.15, -0.1) is 0 Å². The average Bonchev–Trinajstić information content (AvgIpc) is 3.26. The van der Waals surface area contributed by atoms with Crippen LogP contribution in [0.1, 0.15) is 219 Å². The largest absolute Gasteiger partial charge is 0.472 e. The number of allylic oxidation sites excluding steroid dienone is 10. The SMILES string of the molecule is CC/C=C\C/C=C\C/C=C\C/C=C\C/C=C\CCCCCC(=O)OC(COCCCCCCCCCCCCCCCCCCCCCCCC)COP(=O)(O)OCC(O)CO. The lowest BCUT2D eigenvalue weighted by Crippen LogP contribution is -2.29. The highest BCUT2D eigenvalue weighted by Gasteiger charge is 2.26. The fourth-order valence-electron chi connectivity index (χ4n) is 6.91. The third kappa shape index (κ3) is 47.6. The zero-order valence-corrected chi connectivity index (χ0v) is 40.7. The number of carbonyl (C=O) groups is 1. The number of carbonyl (C=O) groups excluding carboxylic acids is 1. The Kier molecular flexibility index (Phi) is 47.2. The number of hydrogen-bond donors (Lipinski definition) is 3. The molecule has 0 aromatic rings. The van der Waals surface area contributed by atoms with Crippen LogP contribution in [0.2, 0.25) is 0 Å². The van der Waals surface area contributed by atoms with E-state index >= 15 is 0 Å². The van der Waals surface area contributed by atoms with Gasteiger partial charge in [0.2, 0.25) is 0 Å². The van der Waals surface area contributed by atoms with Crippen LogP contribution in [0.25, 0.3) is 0 Å². The Labute approximate surface area is 380 Å². The third-order valence-corrected chi connectivity index (χ3v) is 11.7. The molecular weight excluding hydrogens is 800 g/mol. The van der Waals surface area contributed by atoms with Crippen molar-refractivity contribution >= 4 is 13.8 Å². The molecular formula is C52H95O9P. The fourth-order valence-corrected chi connectivity index (χ4v) is 7.70. The number of ether oxygens (including phenoxy) is 2. The quantitative estimate of drug-likeness (QED) is 0.0236. The molecule has 0 aliphatic heterocycles. The maximum Gasteiger partial charge on any atom is 0.472 e. The van der Waals surface area contributed by atoms with Crippen LogP contribution in [-0.4, -0.2) is 66.3 Å². The van der Waals surface area contributed by atoms with E-state index in [1.807, 2.05) is 0 Å². The van der Waals surface area contributed by atoms with E-state index in [4.69, 9.17) is 23.6 Å². The first-order valence-electron chi connectivity index (χ1n) is 25.3. The van der Waals surface area contributed by atoms with E-state index < -0.39 is 45.8 Å². The second-order valence-electron chi connectivity index (χ2n) is 16.8. The molecule has 0 aromatic heterocycles. The molecule has 0 spiro atoms. The zero-order chi connectivity index (χ0) is 45.3. The number of unbranched alkanes of at least 4 members (excludes halogenated alkanes) is 24. The molecule has 3 atom stereocenters. The van der Waals surface area contributed by atoms with Crippen molar-refractivity contribution < 1.29 is 43.0 Å². The Bertz CT molecular complexity index is 1150. The molecule has 0 aromatic carbocycles. The lowest BCUT2D eigenvalue weighted by atomic mass is 10.0. The van der Waals surface area contributed by atoms with Crippen LogP contribution >= 0.6 is 7.82 Å². The van der Waals surface area contributed by atoms with Gasteiger partial charge in [-0.25, -0.2) is 4.57 Å². The minimum Gasteiger partial charge on any atom is -0.457 e. The second-order valence-corrected chi connectivity index (χ2v) is 18.3. The summed E-state index contributed by atoms with van der Waals surface area (Å²) in [4.78, 5) is 22.7. The van der Waals surface area contributed by atoms with Gasteiger partial charge in [0.25, 0.3) is 0 Å². The predicted octanol–water partition coefficient (Wildman–Crippen LogP) is 14.7. The molecule has 0 radical (unpaired) electrons. The minimum atomic E-state index is -4.53. The van der Waals surface area contributed by atoms with Crippen LogP contribution in [0.15, 0.2) is 60.8 Å². The van der Waals surface area contributed by atoms with Gasteiger partial charge in [0.05, 0.1) is 26.4 Å². The summed E-state index contributed by atoms with van der Waals surface area (Å²) in [5.74, 6) is -0.411. The van der Waals surface area contributed by atoms with E-state index in [2.05, 4.69) is 74.6 Å². The molecule has 0 fully saturated rings. The van der Waals surface area contributed by atoms with Crippen molar-refractivity contribution in [2.75, 3.05) is 33.0 Å². The Balaban J connectivity index is 4.12. The summed E-state index contributed by atoms with van der Waals surface area (Å²) in [6, 6.07) is 0. The van der Waals surface area contributed by atoms with E-state index in [1.165, 1.54) is 122 Å². The first kappa shape index (κ1) is 60.2. The summed E-state index contributed by atoms with van der Waals surface area (Å²) in [6.45, 7) is 3.39. The maximum atomic E-state index is 12.7. The van der Waals surface area contributed by atoms with E-state index in [0.29, 0.717) is 13.0 Å². The summed E-state index contributed by atoms with van der Waals surface area (Å²) >= 11 is 0. The van der Waals surface area contributed by atoms with Gasteiger partial charge >= 0.3 is 13.8 Å². The average molecular weight is 895 g/mol. The number of hydrogen-bond acceptors (Lipinski definition) is 8. The topological polar surface area (TPSA) is 132 Å². The molecule has 3 unspecified atom stereocenters. The van der Waals surface area contributed by atoms with Crippen LogP contribution in [0, 0.1) is 0 Å². The summed E-state index contributed by atoms with van der Waals surface area (Å²) < 4.78 is 33.5. The van der Waals surface area contributed by atoms with E-state index in [9.17, 15) is 19.4 Å². The highest BCUT2D eigenvalue weighted by atomic mass is 31.2. The van der Waals surface area contributed by atoms with Gasteiger partial charge in [0.15, 0.2) is 0 Å². The molecule has 3 N–H and O–H groups in total. The molecule has 62 heavy (non-hydrogen) atoms. The molecule has 0 bridgehead atoms. The minimum absolute atomic E-state index is 0.0360. The van der Waals surface area contributed by atoms with Crippen molar-refractivity contribution in [3.05, 3.63) is 60.8 Å². The first-order valence-corrected chi connectivity index (χ1v) is 26.8. The van der Waals surface area contributed by atoms with Gasteiger partial charge in [-0.3, -0.25) is 13.8 Å². The number of esters is 1. The molecule has 0 aliphatic rings. The van der Waals surface area contributed by atoms with Crippen molar-refractivity contribution in [3.63, 3.8) is 0 Å². The standard InChI is InChI=1S/C52H95O9P/c1-3-5-7-9-11-13-15-17-19-21-23-24-25-27-29-31-33-35-37-39-41-43-45-58-48-51(49-60-62(56,57)59-47-50(54)46-53)61-52(55)44-42-40-38-36-34-32-30-28-26-22-20-18-16-14-12-10-8-6-4-2/h6,8,12,14,18,20,26,28,32,34,50-51,53-54H,3-5,7,9-11,13,15-17,19,21-25,27,29-31,33,35-49H2,1-2H3,(H,56,57)/b8-6-,14-12-,20-18-,28-26-,34-32-. The number of rotatable bonds is 48. The van der Waals surface area contributed by atoms with Crippen LogP contribution < -0.4 is 0 Å². The Morgan fingerprint density at radius 1 is 0.516 bits per heavy atom. The lowest BCUT2D eigenvalue weighted by molar-refractivity contribution is -0.154. The normalized spacial score (nSPS) is 14.3. The van der Waals surface area contributed by atoms with Crippen molar-refractivity contribution in [1.82, 2.24) is 0 Å². The van der Waals surface area contributed by atoms with Crippen LogP contribution in [0.5, 0.6) is 0 Å². The Morgan fingerprint density at radius 3 is 1.37 bits per heavy atom. The van der Waals surface area contributed by atoms with Crippen LogP contribution in [0.4, 0.5) is 0 Å². The number of aliphatic hydroxyl groups excluding tert-OH is 2. The van der Waals surface area contributed by atoms with Gasteiger partial charge in [0, 0.05) is 13.0 Å². The van der Waals surface area contributed by atoms with Crippen molar-refractivity contribution in [3.8, 4) is 0 Å². The van der Waals surface area contributed by atoms with Crippen molar-refractivity contribution in [2.45, 2.75) is 232 Å². The lowest BCUT2D eigenvalue weighted by Gasteiger charge is -2.20. The van der Waals surface area contributed by atoms with Crippen LogP contribution in [-0.2, 0) is 27.9 Å². The van der Waals surface area contributed by atoms with Gasteiger partial charge in [-0.2, -0.15) is 0 Å². The molecule has 10 heteroatoms. The monoisotopic (exact) mass is 895 g/mol. The second kappa shape index (κ2) is 48.6. The van der Waals surface area contributed by atoms with Crippen molar-refractivity contribution in [1.29, 1.82) is 0 Å². The summed E-state index contributed by atoms with van der Waals surface area (Å²) in [6.07, 6.45) is 57.6. The summed E-state index contributed by atoms with van der Waals surface area (Å²) in [5, 5.41) is 18.4. The third-order valence-electron chi connectivity index (χ3n) is 10.7. The van der Waals surface area contributed by atoms with Gasteiger partial charge in [-0.1, -0.05) is 216 Å². The van der Waals surface area contributed by atoms with Gasteiger partial charge < -0.3 is 24.6 Å².